The van der Waals surface area contributed by atoms with Gasteiger partial charge in [-0.15, -0.1) is 0 Å². The van der Waals surface area contributed by atoms with Gasteiger partial charge in [0.15, 0.2) is 0 Å². The number of carboxylic acids is 1. The number of imide groups is 1. The zero-order valence-corrected chi connectivity index (χ0v) is 16.1. The van der Waals surface area contributed by atoms with E-state index < -0.39 is 46.8 Å². The molecule has 2 atom stereocenters. The first-order chi connectivity index (χ1) is 15.0. The van der Waals surface area contributed by atoms with E-state index in [1.165, 1.54) is 24.3 Å². The summed E-state index contributed by atoms with van der Waals surface area (Å²) < 4.78 is 14.6. The van der Waals surface area contributed by atoms with Crippen molar-refractivity contribution >= 4 is 23.5 Å². The monoisotopic (exact) mass is 412 g/mol. The predicted molar refractivity (Wildman–Crippen MR) is 106 cm³/mol. The smallest absolute Gasteiger partial charge is 0.239 e. The van der Waals surface area contributed by atoms with Crippen LogP contribution in [-0.2, 0) is 19.8 Å². The number of hydrogen-bond acceptors (Lipinski definition) is 4. The summed E-state index contributed by atoms with van der Waals surface area (Å²) in [6.07, 6.45) is 0. The van der Waals surface area contributed by atoms with Crippen LogP contribution < -0.4 is 10.0 Å². The van der Waals surface area contributed by atoms with Gasteiger partial charge in [0, 0.05) is 5.92 Å². The number of amides is 2. The number of hydrogen-bond donors (Lipinski definition) is 0. The van der Waals surface area contributed by atoms with Gasteiger partial charge in [0.25, 0.3) is 0 Å². The zero-order chi connectivity index (χ0) is 21.5. The highest BCUT2D eigenvalue weighted by atomic mass is 19.1. The van der Waals surface area contributed by atoms with E-state index in [2.05, 4.69) is 0 Å². The Bertz CT molecular complexity index is 1270. The molecule has 2 amide bonds. The standard InChI is InChI=1S/C25H16FNO4/c26-17-11-5-6-12-18(17)27-22(28)20-19-13-7-1-3-9-15(13)25(24(30)31,21(20)23(27)29)16-10-4-2-8-14(16)19/h1-12,19-21H,(H,30,31)/p-1/t19?,20-,21+,25?/m1/s1. The highest BCUT2D eigenvalue weighted by molar-refractivity contribution is 6.25. The molecule has 1 aliphatic heterocycles. The van der Waals surface area contributed by atoms with Gasteiger partial charge < -0.3 is 9.90 Å². The van der Waals surface area contributed by atoms with Crippen molar-refractivity contribution in [1.82, 2.24) is 0 Å². The van der Waals surface area contributed by atoms with Gasteiger partial charge in [-0.3, -0.25) is 9.59 Å². The van der Waals surface area contributed by atoms with Crippen molar-refractivity contribution < 1.29 is 23.9 Å². The Labute approximate surface area is 176 Å². The number of rotatable bonds is 2. The number of benzene rings is 3. The molecule has 6 heteroatoms. The molecule has 5 nitrogen and oxygen atoms in total. The van der Waals surface area contributed by atoms with Crippen LogP contribution in [0, 0.1) is 17.7 Å². The van der Waals surface area contributed by atoms with Crippen molar-refractivity contribution in [2.75, 3.05) is 4.90 Å². The van der Waals surface area contributed by atoms with Gasteiger partial charge in [0.1, 0.15) is 5.82 Å². The minimum Gasteiger partial charge on any atom is -0.549 e. The number of nitrogens with zero attached hydrogens (tertiary/aromatic N) is 1. The van der Waals surface area contributed by atoms with Gasteiger partial charge in [-0.05, 0) is 34.4 Å². The van der Waals surface area contributed by atoms with Crippen molar-refractivity contribution in [3.05, 3.63) is 101 Å². The normalized spacial score (nSPS) is 27.6. The van der Waals surface area contributed by atoms with E-state index in [1.54, 1.807) is 48.5 Å². The van der Waals surface area contributed by atoms with E-state index >= 15 is 0 Å². The quantitative estimate of drug-likeness (QED) is 0.604. The second kappa shape index (κ2) is 5.88. The highest BCUT2D eigenvalue weighted by Crippen LogP contribution is 2.64. The maximum atomic E-state index is 14.6. The fraction of sp³-hybridized carbons (Fsp3) is 0.160. The summed E-state index contributed by atoms with van der Waals surface area (Å²) in [5.74, 6) is -6.09. The number of anilines is 1. The Morgan fingerprint density at radius 3 is 1.97 bits per heavy atom. The lowest BCUT2D eigenvalue weighted by molar-refractivity contribution is -0.314. The van der Waals surface area contributed by atoms with Crippen LogP contribution in [0.3, 0.4) is 0 Å². The second-order valence-electron chi connectivity index (χ2n) is 8.21. The van der Waals surface area contributed by atoms with E-state index in [9.17, 15) is 23.9 Å². The Balaban J connectivity index is 1.69. The lowest BCUT2D eigenvalue weighted by Crippen LogP contribution is -2.61. The minimum absolute atomic E-state index is 0.159. The van der Waals surface area contributed by atoms with Crippen LogP contribution in [0.25, 0.3) is 0 Å². The molecule has 4 aliphatic rings. The molecule has 0 spiro atoms. The van der Waals surface area contributed by atoms with Crippen molar-refractivity contribution in [1.29, 1.82) is 0 Å². The Hall–Kier alpha value is -3.80. The first-order valence-corrected chi connectivity index (χ1v) is 10.0. The van der Waals surface area contributed by atoms with Crippen molar-refractivity contribution in [3.8, 4) is 0 Å². The van der Waals surface area contributed by atoms with Crippen LogP contribution in [0.15, 0.2) is 72.8 Å². The number of para-hydroxylation sites is 1. The van der Waals surface area contributed by atoms with Gasteiger partial charge in [-0.25, -0.2) is 9.29 Å². The first kappa shape index (κ1) is 18.0. The highest BCUT2D eigenvalue weighted by Gasteiger charge is 2.69. The van der Waals surface area contributed by atoms with Gasteiger partial charge in [0.2, 0.25) is 11.8 Å². The summed E-state index contributed by atoms with van der Waals surface area (Å²) in [5, 5.41) is 12.9. The third kappa shape index (κ3) is 1.93. The summed E-state index contributed by atoms with van der Waals surface area (Å²) >= 11 is 0. The molecular formula is C25H15FNO4-. The number of carbonyl (C=O) groups excluding carboxylic acids is 3. The molecule has 152 valence electrons. The number of halogens is 1. The van der Waals surface area contributed by atoms with Crippen molar-refractivity contribution in [2.24, 2.45) is 11.8 Å². The van der Waals surface area contributed by atoms with Crippen LogP contribution in [0.2, 0.25) is 0 Å². The molecule has 1 saturated heterocycles. The summed E-state index contributed by atoms with van der Waals surface area (Å²) in [7, 11) is 0. The fourth-order valence-corrected chi connectivity index (χ4v) is 5.99. The van der Waals surface area contributed by atoms with Crippen LogP contribution in [0.4, 0.5) is 10.1 Å². The molecule has 0 N–H and O–H groups in total. The molecule has 2 bridgehead atoms. The average Bonchev–Trinajstić information content (AvgIpc) is 3.05. The van der Waals surface area contributed by atoms with Crippen molar-refractivity contribution in [3.63, 3.8) is 0 Å². The molecule has 3 aliphatic carbocycles. The van der Waals surface area contributed by atoms with E-state index in [0.29, 0.717) is 22.3 Å². The van der Waals surface area contributed by atoms with Crippen LogP contribution in [-0.4, -0.2) is 17.8 Å². The molecule has 0 aromatic heterocycles. The summed E-state index contributed by atoms with van der Waals surface area (Å²) in [6, 6.07) is 19.5. The van der Waals surface area contributed by atoms with Gasteiger partial charge in [-0.1, -0.05) is 60.7 Å². The third-order valence-electron chi connectivity index (χ3n) is 7.03. The third-order valence-corrected chi connectivity index (χ3v) is 7.03. The molecule has 3 aromatic rings. The van der Waals surface area contributed by atoms with E-state index in [-0.39, 0.29) is 5.69 Å². The molecule has 1 heterocycles. The lowest BCUT2D eigenvalue weighted by Gasteiger charge is -2.54. The average molecular weight is 412 g/mol. The van der Waals surface area contributed by atoms with Crippen LogP contribution in [0.1, 0.15) is 28.2 Å². The largest absolute Gasteiger partial charge is 0.549 e. The molecule has 1 fully saturated rings. The molecule has 0 saturated carbocycles. The molecule has 31 heavy (non-hydrogen) atoms. The molecule has 3 aromatic carbocycles. The lowest BCUT2D eigenvalue weighted by atomic mass is 9.47. The minimum atomic E-state index is -1.82. The number of aliphatic carboxylic acids is 1. The van der Waals surface area contributed by atoms with Crippen molar-refractivity contribution in [2.45, 2.75) is 11.3 Å². The Kier molecular flexibility index (Phi) is 3.41. The van der Waals surface area contributed by atoms with E-state index in [0.717, 1.165) is 4.90 Å². The van der Waals surface area contributed by atoms with Crippen LogP contribution >= 0.6 is 0 Å². The second-order valence-corrected chi connectivity index (χ2v) is 8.21. The predicted octanol–water partition coefficient (Wildman–Crippen LogP) is 2.13. The fourth-order valence-electron chi connectivity index (χ4n) is 5.99. The summed E-state index contributed by atoms with van der Waals surface area (Å²) in [5.41, 5.74) is 0.353. The number of carbonyl (C=O) groups is 3. The molecule has 7 rings (SSSR count). The Morgan fingerprint density at radius 1 is 0.839 bits per heavy atom. The summed E-state index contributed by atoms with van der Waals surface area (Å²) in [6.45, 7) is 0. The van der Waals surface area contributed by atoms with Gasteiger partial charge in [0.05, 0.1) is 28.9 Å². The topological polar surface area (TPSA) is 77.5 Å². The van der Waals surface area contributed by atoms with Gasteiger partial charge in [-0.2, -0.15) is 0 Å². The maximum Gasteiger partial charge on any atom is 0.239 e. The number of carboxylic acid groups (broad SMARTS) is 1. The molecule has 0 unspecified atom stereocenters. The zero-order valence-electron chi connectivity index (χ0n) is 16.1. The first-order valence-electron chi connectivity index (χ1n) is 10.0. The van der Waals surface area contributed by atoms with Gasteiger partial charge >= 0.3 is 0 Å². The Morgan fingerprint density at radius 2 is 1.39 bits per heavy atom. The summed E-state index contributed by atoms with van der Waals surface area (Å²) in [4.78, 5) is 41.0. The van der Waals surface area contributed by atoms with Crippen LogP contribution in [0.5, 0.6) is 0 Å². The molecule has 0 radical (unpaired) electrons. The van der Waals surface area contributed by atoms with E-state index in [1.807, 2.05) is 0 Å². The SMILES string of the molecule is O=C1[C@@H]2C3c4ccccc4C(C(=O)[O-])(c4ccccc43)[C@@H]2C(=O)N1c1ccccc1F. The molecular weight excluding hydrogens is 397 g/mol. The van der Waals surface area contributed by atoms with E-state index in [4.69, 9.17) is 0 Å². The maximum absolute atomic E-state index is 14.6.